The minimum atomic E-state index is -0.194. The molecule has 0 fully saturated rings. The lowest BCUT2D eigenvalue weighted by Gasteiger charge is -2.14. The van der Waals surface area contributed by atoms with E-state index in [-0.39, 0.29) is 11.9 Å². The van der Waals surface area contributed by atoms with E-state index in [9.17, 15) is 4.79 Å². The van der Waals surface area contributed by atoms with Crippen LogP contribution >= 0.6 is 0 Å². The number of hydrogen-bond acceptors (Lipinski definition) is 4. The lowest BCUT2D eigenvalue weighted by molar-refractivity contribution is 0.0941. The largest absolute Gasteiger partial charge is 0.494 e. The van der Waals surface area contributed by atoms with Crippen LogP contribution in [-0.4, -0.2) is 27.1 Å². The molecule has 0 bridgehead atoms. The van der Waals surface area contributed by atoms with Crippen LogP contribution in [-0.2, 0) is 0 Å². The van der Waals surface area contributed by atoms with E-state index in [0.29, 0.717) is 17.8 Å². The molecule has 0 aliphatic rings. The molecule has 6 nitrogen and oxygen atoms in total. The van der Waals surface area contributed by atoms with Crippen LogP contribution in [0.3, 0.4) is 0 Å². The smallest absolute Gasteiger partial charge is 0.257 e. The molecule has 3 aromatic rings. The van der Waals surface area contributed by atoms with Gasteiger partial charge in [-0.25, -0.2) is 9.50 Å². The van der Waals surface area contributed by atoms with Crippen molar-refractivity contribution in [3.8, 4) is 5.75 Å². The first kappa shape index (κ1) is 15.0. The molecule has 0 saturated carbocycles. The van der Waals surface area contributed by atoms with Gasteiger partial charge in [-0.15, -0.1) is 0 Å². The number of nitrogens with zero attached hydrogens (tertiary/aromatic N) is 3. The number of benzene rings is 1. The number of ether oxygens (including phenoxy) is 1. The number of nitrogens with one attached hydrogen (secondary N) is 1. The number of carbonyl (C=O) groups excluding carboxylic acids is 1. The number of aromatic nitrogens is 3. The van der Waals surface area contributed by atoms with Crippen LogP contribution in [0.4, 0.5) is 0 Å². The summed E-state index contributed by atoms with van der Waals surface area (Å²) in [6.07, 6.45) is 4.93. The van der Waals surface area contributed by atoms with Crippen molar-refractivity contribution in [3.63, 3.8) is 0 Å². The Labute approximate surface area is 134 Å². The lowest BCUT2D eigenvalue weighted by Crippen LogP contribution is -2.26. The second-order valence-corrected chi connectivity index (χ2v) is 5.14. The summed E-state index contributed by atoms with van der Waals surface area (Å²) in [4.78, 5) is 16.6. The molecule has 118 valence electrons. The maximum Gasteiger partial charge on any atom is 0.257 e. The fourth-order valence-electron chi connectivity index (χ4n) is 2.36. The summed E-state index contributed by atoms with van der Waals surface area (Å²) in [5.41, 5.74) is 2.01. The van der Waals surface area contributed by atoms with Crippen molar-refractivity contribution >= 4 is 11.6 Å². The van der Waals surface area contributed by atoms with Gasteiger partial charge in [-0.3, -0.25) is 4.79 Å². The molecule has 3 rings (SSSR count). The van der Waals surface area contributed by atoms with Gasteiger partial charge in [0.05, 0.1) is 18.8 Å². The summed E-state index contributed by atoms with van der Waals surface area (Å²) in [6, 6.07) is 9.34. The molecule has 1 aromatic carbocycles. The molecule has 0 aliphatic heterocycles. The highest BCUT2D eigenvalue weighted by atomic mass is 16.5. The van der Waals surface area contributed by atoms with Crippen LogP contribution in [0.25, 0.3) is 5.65 Å². The van der Waals surface area contributed by atoms with E-state index < -0.39 is 0 Å². The van der Waals surface area contributed by atoms with Gasteiger partial charge in [0, 0.05) is 12.4 Å². The van der Waals surface area contributed by atoms with Crippen molar-refractivity contribution in [2.75, 3.05) is 6.61 Å². The molecule has 0 spiro atoms. The number of carbonyl (C=O) groups is 1. The molecule has 2 heterocycles. The third kappa shape index (κ3) is 3.15. The Bertz CT molecular complexity index is 811. The predicted octanol–water partition coefficient (Wildman–Crippen LogP) is 2.62. The molecule has 23 heavy (non-hydrogen) atoms. The molecular weight excluding hydrogens is 292 g/mol. The summed E-state index contributed by atoms with van der Waals surface area (Å²) in [7, 11) is 0. The van der Waals surface area contributed by atoms with Gasteiger partial charge in [0.25, 0.3) is 5.91 Å². The molecule has 0 unspecified atom stereocenters. The molecule has 1 N–H and O–H groups in total. The van der Waals surface area contributed by atoms with Crippen molar-refractivity contribution in [3.05, 3.63) is 60.0 Å². The fourth-order valence-corrected chi connectivity index (χ4v) is 2.36. The van der Waals surface area contributed by atoms with Crippen molar-refractivity contribution in [2.45, 2.75) is 19.9 Å². The highest BCUT2D eigenvalue weighted by molar-refractivity contribution is 5.99. The van der Waals surface area contributed by atoms with Gasteiger partial charge in [-0.2, -0.15) is 5.10 Å². The van der Waals surface area contributed by atoms with Crippen LogP contribution in [0.1, 0.15) is 35.8 Å². The summed E-state index contributed by atoms with van der Waals surface area (Å²) in [6.45, 7) is 4.51. The van der Waals surface area contributed by atoms with Crippen molar-refractivity contribution in [2.24, 2.45) is 0 Å². The zero-order valence-electron chi connectivity index (χ0n) is 13.1. The highest BCUT2D eigenvalue weighted by Crippen LogP contribution is 2.18. The van der Waals surface area contributed by atoms with Gasteiger partial charge in [0.15, 0.2) is 5.65 Å². The van der Waals surface area contributed by atoms with E-state index in [1.54, 1.807) is 23.0 Å². The molecular formula is C17H18N4O2. The summed E-state index contributed by atoms with van der Waals surface area (Å²) >= 11 is 0. The van der Waals surface area contributed by atoms with E-state index in [2.05, 4.69) is 15.4 Å². The number of hydrogen-bond donors (Lipinski definition) is 1. The summed E-state index contributed by atoms with van der Waals surface area (Å²) in [5, 5.41) is 7.10. The fraction of sp³-hybridized carbons (Fsp3) is 0.235. The Balaban J connectivity index is 1.74. The average Bonchev–Trinajstić information content (AvgIpc) is 3.00. The van der Waals surface area contributed by atoms with Crippen LogP contribution in [0.2, 0.25) is 0 Å². The van der Waals surface area contributed by atoms with Crippen LogP contribution in [0.5, 0.6) is 5.75 Å². The quantitative estimate of drug-likeness (QED) is 0.786. The Hall–Kier alpha value is -2.89. The van der Waals surface area contributed by atoms with Crippen molar-refractivity contribution < 1.29 is 9.53 Å². The molecule has 1 amide bonds. The zero-order chi connectivity index (χ0) is 16.2. The first-order valence-corrected chi connectivity index (χ1v) is 7.51. The molecule has 2 aromatic heterocycles. The Morgan fingerprint density at radius 2 is 2.13 bits per heavy atom. The summed E-state index contributed by atoms with van der Waals surface area (Å²) < 4.78 is 7.00. The van der Waals surface area contributed by atoms with E-state index in [4.69, 9.17) is 4.74 Å². The van der Waals surface area contributed by atoms with E-state index >= 15 is 0 Å². The highest BCUT2D eigenvalue weighted by Gasteiger charge is 2.16. The maximum atomic E-state index is 12.4. The second kappa shape index (κ2) is 6.48. The molecule has 1 atom stereocenters. The van der Waals surface area contributed by atoms with E-state index in [1.807, 2.05) is 38.1 Å². The van der Waals surface area contributed by atoms with Crippen molar-refractivity contribution in [1.82, 2.24) is 19.9 Å². The van der Waals surface area contributed by atoms with Crippen LogP contribution in [0.15, 0.2) is 48.9 Å². The molecule has 0 aliphatic carbocycles. The van der Waals surface area contributed by atoms with E-state index in [1.165, 1.54) is 6.20 Å². The van der Waals surface area contributed by atoms with Crippen molar-refractivity contribution in [1.29, 1.82) is 0 Å². The Kier molecular flexibility index (Phi) is 4.23. The lowest BCUT2D eigenvalue weighted by atomic mass is 10.1. The minimum absolute atomic E-state index is 0.128. The van der Waals surface area contributed by atoms with Gasteiger partial charge < -0.3 is 10.1 Å². The maximum absolute atomic E-state index is 12.4. The average molecular weight is 310 g/mol. The minimum Gasteiger partial charge on any atom is -0.494 e. The molecule has 0 saturated heterocycles. The van der Waals surface area contributed by atoms with Crippen LogP contribution in [0, 0.1) is 0 Å². The zero-order valence-corrected chi connectivity index (χ0v) is 13.1. The van der Waals surface area contributed by atoms with Crippen LogP contribution < -0.4 is 10.1 Å². The van der Waals surface area contributed by atoms with Gasteiger partial charge in [0.1, 0.15) is 11.3 Å². The number of rotatable bonds is 5. The third-order valence-electron chi connectivity index (χ3n) is 3.56. The molecule has 6 heteroatoms. The standard InChI is InChI=1S/C17H18N4O2/c1-3-23-14-7-5-13(6-8-14)12(2)20-17(22)15-11-19-21-10-4-9-18-16(15)21/h4-12H,3H2,1-2H3,(H,20,22)/t12-/m1/s1. The first-order valence-electron chi connectivity index (χ1n) is 7.51. The molecule has 0 radical (unpaired) electrons. The third-order valence-corrected chi connectivity index (χ3v) is 3.56. The topological polar surface area (TPSA) is 68.5 Å². The normalized spacial score (nSPS) is 12.1. The Morgan fingerprint density at radius 3 is 2.87 bits per heavy atom. The SMILES string of the molecule is CCOc1ccc([C@@H](C)NC(=O)c2cnn3cccnc23)cc1. The summed E-state index contributed by atoms with van der Waals surface area (Å²) in [5.74, 6) is 0.627. The van der Waals surface area contributed by atoms with Gasteiger partial charge in [-0.05, 0) is 37.6 Å². The van der Waals surface area contributed by atoms with Gasteiger partial charge in [0.2, 0.25) is 0 Å². The number of fused-ring (bicyclic) bond motifs is 1. The first-order chi connectivity index (χ1) is 11.2. The van der Waals surface area contributed by atoms with Gasteiger partial charge >= 0.3 is 0 Å². The number of amides is 1. The predicted molar refractivity (Wildman–Crippen MR) is 86.5 cm³/mol. The van der Waals surface area contributed by atoms with Gasteiger partial charge in [-0.1, -0.05) is 12.1 Å². The monoisotopic (exact) mass is 310 g/mol. The second-order valence-electron chi connectivity index (χ2n) is 5.14. The Morgan fingerprint density at radius 1 is 1.35 bits per heavy atom. The van der Waals surface area contributed by atoms with E-state index in [0.717, 1.165) is 11.3 Å².